The maximum atomic E-state index is 11.9. The quantitative estimate of drug-likeness (QED) is 0.811. The summed E-state index contributed by atoms with van der Waals surface area (Å²) in [6, 6.07) is 8.23. The highest BCUT2D eigenvalue weighted by atomic mass is 35.5. The third-order valence-corrected chi connectivity index (χ3v) is 3.96. The maximum Gasteiger partial charge on any atom is 0.359 e. The molecule has 0 saturated carbocycles. The van der Waals surface area contributed by atoms with Crippen LogP contribution in [0.15, 0.2) is 30.5 Å². The molecule has 0 radical (unpaired) electrons. The van der Waals surface area contributed by atoms with Crippen LogP contribution in [0.3, 0.4) is 0 Å². The van der Waals surface area contributed by atoms with Crippen molar-refractivity contribution in [3.8, 4) is 6.07 Å². The lowest BCUT2D eigenvalue weighted by Gasteiger charge is -2.08. The maximum absolute atomic E-state index is 11.9. The Morgan fingerprint density at radius 2 is 2.00 bits per heavy atom. The molecule has 122 valence electrons. The van der Waals surface area contributed by atoms with Crippen molar-refractivity contribution in [1.29, 1.82) is 5.26 Å². The first-order valence-corrected chi connectivity index (χ1v) is 7.52. The van der Waals surface area contributed by atoms with Crippen LogP contribution in [-0.2, 0) is 9.53 Å². The summed E-state index contributed by atoms with van der Waals surface area (Å²) in [5.74, 6) is -1.51. The predicted molar refractivity (Wildman–Crippen MR) is 89.3 cm³/mol. The lowest BCUT2D eigenvalue weighted by atomic mass is 10.2. The van der Waals surface area contributed by atoms with Gasteiger partial charge in [0.15, 0.2) is 12.3 Å². The van der Waals surface area contributed by atoms with Gasteiger partial charge in [-0.15, -0.1) is 0 Å². The summed E-state index contributed by atoms with van der Waals surface area (Å²) in [7, 11) is 0. The van der Waals surface area contributed by atoms with E-state index in [4.69, 9.17) is 44.8 Å². The zero-order valence-electron chi connectivity index (χ0n) is 11.8. The average Bonchev–Trinajstić information content (AvgIpc) is 2.58. The van der Waals surface area contributed by atoms with Crippen LogP contribution in [-0.4, -0.2) is 23.5 Å². The summed E-state index contributed by atoms with van der Waals surface area (Å²) >= 11 is 17.4. The molecule has 2 aromatic rings. The van der Waals surface area contributed by atoms with Crippen molar-refractivity contribution in [3.63, 3.8) is 0 Å². The summed E-state index contributed by atoms with van der Waals surface area (Å²) in [6.45, 7) is -0.562. The molecular formula is C15H8Cl3N3O3. The lowest BCUT2D eigenvalue weighted by molar-refractivity contribution is -0.119. The Labute approximate surface area is 151 Å². The number of benzene rings is 1. The molecule has 0 spiro atoms. The lowest BCUT2D eigenvalue weighted by Crippen LogP contribution is -2.21. The van der Waals surface area contributed by atoms with Gasteiger partial charge in [-0.2, -0.15) is 5.26 Å². The molecule has 0 bridgehead atoms. The third kappa shape index (κ3) is 4.36. The smallest absolute Gasteiger partial charge is 0.359 e. The van der Waals surface area contributed by atoms with Crippen molar-refractivity contribution >= 4 is 52.4 Å². The molecule has 0 saturated heterocycles. The van der Waals surface area contributed by atoms with Crippen LogP contribution in [0.2, 0.25) is 15.1 Å². The Morgan fingerprint density at radius 3 is 2.71 bits per heavy atom. The van der Waals surface area contributed by atoms with E-state index in [1.165, 1.54) is 6.07 Å². The SMILES string of the molecule is N#Cc1cccc(NC(=O)COC(=O)c2ncc(Cl)c(Cl)c2Cl)c1. The third-order valence-electron chi connectivity index (χ3n) is 2.72. The van der Waals surface area contributed by atoms with Crippen molar-refractivity contribution in [3.05, 3.63) is 56.8 Å². The molecular weight excluding hydrogens is 377 g/mol. The van der Waals surface area contributed by atoms with Gasteiger partial charge >= 0.3 is 5.97 Å². The van der Waals surface area contributed by atoms with E-state index in [0.717, 1.165) is 6.20 Å². The number of nitrogens with one attached hydrogen (secondary N) is 1. The minimum Gasteiger partial charge on any atom is -0.451 e. The second-order valence-electron chi connectivity index (χ2n) is 4.40. The predicted octanol–water partition coefficient (Wildman–Crippen LogP) is 3.71. The first kappa shape index (κ1) is 18.0. The highest BCUT2D eigenvalue weighted by molar-refractivity contribution is 6.48. The number of rotatable bonds is 4. The Bertz CT molecular complexity index is 850. The second kappa shape index (κ2) is 7.97. The van der Waals surface area contributed by atoms with Crippen molar-refractivity contribution in [2.75, 3.05) is 11.9 Å². The van der Waals surface area contributed by atoms with Gasteiger partial charge in [0.05, 0.1) is 26.7 Å². The largest absolute Gasteiger partial charge is 0.451 e. The fourth-order valence-electron chi connectivity index (χ4n) is 1.65. The summed E-state index contributed by atoms with van der Waals surface area (Å²) in [5, 5.41) is 11.2. The van der Waals surface area contributed by atoms with Gasteiger partial charge in [-0.05, 0) is 18.2 Å². The van der Waals surface area contributed by atoms with Crippen molar-refractivity contribution in [2.45, 2.75) is 0 Å². The van der Waals surface area contributed by atoms with Crippen LogP contribution >= 0.6 is 34.8 Å². The number of pyridine rings is 1. The van der Waals surface area contributed by atoms with Gasteiger partial charge < -0.3 is 10.1 Å². The van der Waals surface area contributed by atoms with Crippen molar-refractivity contribution < 1.29 is 14.3 Å². The van der Waals surface area contributed by atoms with Gasteiger partial charge in [0.1, 0.15) is 0 Å². The highest BCUT2D eigenvalue weighted by Crippen LogP contribution is 2.31. The first-order valence-electron chi connectivity index (χ1n) is 6.39. The number of esters is 1. The van der Waals surface area contributed by atoms with E-state index < -0.39 is 18.5 Å². The van der Waals surface area contributed by atoms with E-state index in [1.54, 1.807) is 18.2 Å². The molecule has 0 unspecified atom stereocenters. The van der Waals surface area contributed by atoms with Gasteiger partial charge in [0.2, 0.25) is 0 Å². The first-order chi connectivity index (χ1) is 11.4. The molecule has 0 atom stereocenters. The van der Waals surface area contributed by atoms with Gasteiger partial charge in [-0.25, -0.2) is 9.78 Å². The van der Waals surface area contributed by atoms with E-state index in [-0.39, 0.29) is 20.8 Å². The van der Waals surface area contributed by atoms with Crippen molar-refractivity contribution in [1.82, 2.24) is 4.98 Å². The van der Waals surface area contributed by atoms with Crippen LogP contribution in [0, 0.1) is 11.3 Å². The molecule has 0 aliphatic rings. The Hall–Kier alpha value is -2.33. The number of carbonyl (C=O) groups excluding carboxylic acids is 2. The molecule has 1 aromatic heterocycles. The van der Waals surface area contributed by atoms with Crippen LogP contribution in [0.5, 0.6) is 0 Å². The topological polar surface area (TPSA) is 92.1 Å². The van der Waals surface area contributed by atoms with Crippen LogP contribution in [0.25, 0.3) is 0 Å². The number of halogens is 3. The summed E-state index contributed by atoms with van der Waals surface area (Å²) in [5.41, 5.74) is 0.544. The number of anilines is 1. The summed E-state index contributed by atoms with van der Waals surface area (Å²) in [6.07, 6.45) is 1.15. The number of hydrogen-bond acceptors (Lipinski definition) is 5. The zero-order valence-corrected chi connectivity index (χ0v) is 14.1. The molecule has 9 heteroatoms. The van der Waals surface area contributed by atoms with Gasteiger partial charge in [-0.3, -0.25) is 4.79 Å². The molecule has 0 fully saturated rings. The number of amides is 1. The molecule has 1 amide bonds. The fraction of sp³-hybridized carbons (Fsp3) is 0.0667. The van der Waals surface area contributed by atoms with E-state index in [2.05, 4.69) is 10.3 Å². The molecule has 1 heterocycles. The Morgan fingerprint density at radius 1 is 1.25 bits per heavy atom. The number of nitriles is 1. The number of nitrogens with zero attached hydrogens (tertiary/aromatic N) is 2. The number of hydrogen-bond donors (Lipinski definition) is 1. The standard InChI is InChI=1S/C15H8Cl3N3O3/c16-10-6-20-14(13(18)12(10)17)15(23)24-7-11(22)21-9-3-1-2-8(4-9)5-19/h1-4,6H,7H2,(H,21,22). The minimum absolute atomic E-state index is 0.0296. The van der Waals surface area contributed by atoms with E-state index >= 15 is 0 Å². The zero-order chi connectivity index (χ0) is 17.7. The molecule has 2 rings (SSSR count). The molecule has 6 nitrogen and oxygen atoms in total. The van der Waals surface area contributed by atoms with Gasteiger partial charge in [0, 0.05) is 11.9 Å². The molecule has 0 aliphatic heterocycles. The minimum atomic E-state index is -0.917. The molecule has 24 heavy (non-hydrogen) atoms. The molecule has 0 aliphatic carbocycles. The van der Waals surface area contributed by atoms with Crippen molar-refractivity contribution in [2.24, 2.45) is 0 Å². The normalized spacial score (nSPS) is 9.92. The van der Waals surface area contributed by atoms with Gasteiger partial charge in [-0.1, -0.05) is 40.9 Å². The summed E-state index contributed by atoms with van der Waals surface area (Å²) < 4.78 is 4.83. The van der Waals surface area contributed by atoms with E-state index in [0.29, 0.717) is 11.3 Å². The monoisotopic (exact) mass is 383 g/mol. The van der Waals surface area contributed by atoms with Crippen LogP contribution in [0.4, 0.5) is 5.69 Å². The summed E-state index contributed by atoms with van der Waals surface area (Å²) in [4.78, 5) is 27.4. The van der Waals surface area contributed by atoms with E-state index in [9.17, 15) is 9.59 Å². The fourth-order valence-corrected chi connectivity index (χ4v) is 2.21. The van der Waals surface area contributed by atoms with E-state index in [1.807, 2.05) is 6.07 Å². The second-order valence-corrected chi connectivity index (χ2v) is 5.56. The number of carbonyl (C=O) groups is 2. The highest BCUT2D eigenvalue weighted by Gasteiger charge is 2.19. The number of aromatic nitrogens is 1. The molecule has 1 aromatic carbocycles. The van der Waals surface area contributed by atoms with Crippen LogP contribution in [0.1, 0.15) is 16.1 Å². The Balaban J connectivity index is 1.98. The Kier molecular flexibility index (Phi) is 5.99. The number of ether oxygens (including phenoxy) is 1. The van der Waals surface area contributed by atoms with Gasteiger partial charge in [0.25, 0.3) is 5.91 Å². The van der Waals surface area contributed by atoms with Crippen LogP contribution < -0.4 is 5.32 Å². The molecule has 1 N–H and O–H groups in total. The average molecular weight is 385 g/mol.